The minimum absolute atomic E-state index is 0.0411. The molecule has 154 valence electrons. The van der Waals surface area contributed by atoms with Crippen molar-refractivity contribution in [3.8, 4) is 0 Å². The first-order chi connectivity index (χ1) is 13.6. The number of amides is 1. The normalized spacial score (nSPS) is 25.4. The molecule has 4 rings (SSSR count). The Hall–Kier alpha value is -1.63. The van der Waals surface area contributed by atoms with E-state index in [4.69, 9.17) is 9.84 Å². The van der Waals surface area contributed by atoms with E-state index in [0.29, 0.717) is 18.9 Å². The average Bonchev–Trinajstić information content (AvgIpc) is 3.22. The van der Waals surface area contributed by atoms with Crippen LogP contribution in [0.1, 0.15) is 41.6 Å². The summed E-state index contributed by atoms with van der Waals surface area (Å²) >= 11 is 0. The highest BCUT2D eigenvalue weighted by Gasteiger charge is 2.46. The molecular weight excluding hydrogens is 354 g/mol. The van der Waals surface area contributed by atoms with E-state index in [1.807, 2.05) is 6.07 Å². The molecule has 0 aromatic heterocycles. The van der Waals surface area contributed by atoms with Crippen LogP contribution in [0.15, 0.2) is 18.2 Å². The number of carbonyl (C=O) groups excluding carboxylic acids is 1. The molecule has 0 saturated carbocycles. The Kier molecular flexibility index (Phi) is 5.90. The highest BCUT2D eigenvalue weighted by Crippen LogP contribution is 2.47. The molecular formula is C22H33N3O3. The molecule has 2 saturated heterocycles. The number of nitrogens with one attached hydrogen (secondary N) is 1. The number of carbonyl (C=O) groups is 1. The van der Waals surface area contributed by atoms with Gasteiger partial charge >= 0.3 is 0 Å². The van der Waals surface area contributed by atoms with E-state index < -0.39 is 0 Å². The van der Waals surface area contributed by atoms with Gasteiger partial charge in [-0.1, -0.05) is 0 Å². The van der Waals surface area contributed by atoms with Gasteiger partial charge in [-0.05, 0) is 69.0 Å². The highest BCUT2D eigenvalue weighted by molar-refractivity contribution is 5.95. The van der Waals surface area contributed by atoms with Gasteiger partial charge in [0, 0.05) is 62.7 Å². The lowest BCUT2D eigenvalue weighted by molar-refractivity contribution is 0.0681. The minimum Gasteiger partial charge on any atom is -0.396 e. The van der Waals surface area contributed by atoms with E-state index in [2.05, 4.69) is 34.3 Å². The van der Waals surface area contributed by atoms with Crippen molar-refractivity contribution in [3.05, 3.63) is 29.3 Å². The molecule has 2 fully saturated rings. The first-order valence-corrected chi connectivity index (χ1v) is 10.7. The molecule has 1 aromatic rings. The van der Waals surface area contributed by atoms with Crippen LogP contribution in [0, 0.1) is 5.92 Å². The summed E-state index contributed by atoms with van der Waals surface area (Å²) in [6.45, 7) is 6.68. The van der Waals surface area contributed by atoms with Crippen LogP contribution in [-0.2, 0) is 10.2 Å². The zero-order valence-corrected chi connectivity index (χ0v) is 17.0. The molecule has 1 spiro atoms. The molecule has 1 unspecified atom stereocenters. The third-order valence-electron chi connectivity index (χ3n) is 6.65. The fraction of sp³-hybridized carbons (Fsp3) is 0.682. The number of hydrogen-bond donors (Lipinski definition) is 2. The van der Waals surface area contributed by atoms with Crippen molar-refractivity contribution in [1.29, 1.82) is 0 Å². The maximum atomic E-state index is 12.6. The van der Waals surface area contributed by atoms with Gasteiger partial charge in [-0.25, -0.2) is 0 Å². The van der Waals surface area contributed by atoms with Gasteiger partial charge in [0.2, 0.25) is 0 Å². The van der Waals surface area contributed by atoms with Crippen LogP contribution in [0.4, 0.5) is 5.69 Å². The van der Waals surface area contributed by atoms with Crippen LogP contribution in [0.2, 0.25) is 0 Å². The maximum absolute atomic E-state index is 12.6. The third-order valence-corrected chi connectivity index (χ3v) is 6.65. The van der Waals surface area contributed by atoms with Crippen molar-refractivity contribution in [2.24, 2.45) is 5.92 Å². The van der Waals surface area contributed by atoms with Crippen molar-refractivity contribution in [2.45, 2.75) is 31.1 Å². The van der Waals surface area contributed by atoms with Crippen molar-refractivity contribution >= 4 is 11.6 Å². The third kappa shape index (κ3) is 3.91. The number of rotatable bonds is 6. The molecule has 0 aliphatic carbocycles. The monoisotopic (exact) mass is 387 g/mol. The molecule has 0 bridgehead atoms. The number of fused-ring (bicyclic) bond motifs is 2. The molecule has 6 nitrogen and oxygen atoms in total. The van der Waals surface area contributed by atoms with Gasteiger partial charge in [-0.15, -0.1) is 0 Å². The summed E-state index contributed by atoms with van der Waals surface area (Å²) in [5, 5.41) is 11.9. The zero-order valence-electron chi connectivity index (χ0n) is 17.0. The summed E-state index contributed by atoms with van der Waals surface area (Å²) in [4.78, 5) is 17.5. The number of hydrogen-bond acceptors (Lipinski definition) is 5. The van der Waals surface area contributed by atoms with E-state index in [9.17, 15) is 4.79 Å². The van der Waals surface area contributed by atoms with E-state index in [-0.39, 0.29) is 17.9 Å². The van der Waals surface area contributed by atoms with Gasteiger partial charge in [0.1, 0.15) is 0 Å². The number of likely N-dealkylation sites (tertiary alicyclic amines) is 1. The topological polar surface area (TPSA) is 65.0 Å². The summed E-state index contributed by atoms with van der Waals surface area (Å²) in [6, 6.07) is 6.25. The van der Waals surface area contributed by atoms with E-state index >= 15 is 0 Å². The molecule has 3 aliphatic rings. The Morgan fingerprint density at radius 1 is 1.32 bits per heavy atom. The Balaban J connectivity index is 1.57. The van der Waals surface area contributed by atoms with E-state index in [0.717, 1.165) is 64.2 Å². The lowest BCUT2D eigenvalue weighted by Crippen LogP contribution is -2.38. The summed E-state index contributed by atoms with van der Waals surface area (Å²) in [5.74, 6) is 0.651. The molecule has 2 N–H and O–H groups in total. The van der Waals surface area contributed by atoms with Gasteiger partial charge in [-0.2, -0.15) is 0 Å². The smallest absolute Gasteiger partial charge is 0.251 e. The Labute approximate surface area is 167 Å². The molecule has 3 heterocycles. The van der Waals surface area contributed by atoms with Crippen molar-refractivity contribution in [2.75, 3.05) is 64.5 Å². The standard InChI is InChI=1S/C22H33N3O3/c1-24-9-7-22(15-24)16-25(14-17-5-11-28-12-6-17)20-4-3-18(13-19(20)22)21(27)23-8-2-10-26/h3-4,13,17,26H,2,5-12,14-16H2,1H3,(H,23,27). The molecule has 28 heavy (non-hydrogen) atoms. The second kappa shape index (κ2) is 8.39. The molecule has 3 aliphatic heterocycles. The highest BCUT2D eigenvalue weighted by atomic mass is 16.5. The first-order valence-electron chi connectivity index (χ1n) is 10.7. The first kappa shape index (κ1) is 19.7. The number of likely N-dealkylation sites (N-methyl/N-ethyl adjacent to an activating group) is 1. The fourth-order valence-corrected chi connectivity index (χ4v) is 5.13. The van der Waals surface area contributed by atoms with Gasteiger partial charge in [0.05, 0.1) is 0 Å². The minimum atomic E-state index is -0.0411. The van der Waals surface area contributed by atoms with Crippen molar-refractivity contribution in [3.63, 3.8) is 0 Å². The van der Waals surface area contributed by atoms with Crippen LogP contribution in [0.5, 0.6) is 0 Å². The number of benzene rings is 1. The van der Waals surface area contributed by atoms with Crippen molar-refractivity contribution < 1.29 is 14.6 Å². The second-order valence-electron chi connectivity index (χ2n) is 8.77. The number of aliphatic hydroxyl groups is 1. The summed E-state index contributed by atoms with van der Waals surface area (Å²) < 4.78 is 5.54. The molecule has 1 amide bonds. The predicted octanol–water partition coefficient (Wildman–Crippen LogP) is 1.62. The molecule has 1 atom stereocenters. The lowest BCUT2D eigenvalue weighted by Gasteiger charge is -2.30. The van der Waals surface area contributed by atoms with Gasteiger partial charge in [0.15, 0.2) is 0 Å². The van der Waals surface area contributed by atoms with Crippen LogP contribution >= 0.6 is 0 Å². The zero-order chi connectivity index (χ0) is 19.6. The van der Waals surface area contributed by atoms with E-state index in [1.54, 1.807) is 0 Å². The Morgan fingerprint density at radius 3 is 2.86 bits per heavy atom. The fourth-order valence-electron chi connectivity index (χ4n) is 5.13. The Bertz CT molecular complexity index is 704. The number of anilines is 1. The van der Waals surface area contributed by atoms with Crippen molar-refractivity contribution in [1.82, 2.24) is 10.2 Å². The lowest BCUT2D eigenvalue weighted by atomic mass is 9.81. The van der Waals surface area contributed by atoms with E-state index in [1.165, 1.54) is 11.3 Å². The van der Waals surface area contributed by atoms with Crippen LogP contribution in [0.3, 0.4) is 0 Å². The van der Waals surface area contributed by atoms with Gasteiger partial charge < -0.3 is 25.0 Å². The molecule has 0 radical (unpaired) electrons. The van der Waals surface area contributed by atoms with Crippen LogP contribution in [0.25, 0.3) is 0 Å². The molecule has 6 heteroatoms. The summed E-state index contributed by atoms with van der Waals surface area (Å²) in [6.07, 6.45) is 4.02. The SMILES string of the molecule is CN1CCC2(C1)CN(CC1CCOCC1)c1ccc(C(=O)NCCCO)cc12. The molecule has 1 aromatic carbocycles. The number of aliphatic hydroxyl groups excluding tert-OH is 1. The Morgan fingerprint density at radius 2 is 2.14 bits per heavy atom. The van der Waals surface area contributed by atoms with Gasteiger partial charge in [0.25, 0.3) is 5.91 Å². The summed E-state index contributed by atoms with van der Waals surface area (Å²) in [5.41, 5.74) is 3.53. The average molecular weight is 388 g/mol. The predicted molar refractivity (Wildman–Crippen MR) is 110 cm³/mol. The largest absolute Gasteiger partial charge is 0.396 e. The maximum Gasteiger partial charge on any atom is 0.251 e. The quantitative estimate of drug-likeness (QED) is 0.726. The van der Waals surface area contributed by atoms with Gasteiger partial charge in [-0.3, -0.25) is 4.79 Å². The number of ether oxygens (including phenoxy) is 1. The summed E-state index contributed by atoms with van der Waals surface area (Å²) in [7, 11) is 2.20. The van der Waals surface area contributed by atoms with Crippen LogP contribution in [-0.4, -0.2) is 75.5 Å². The second-order valence-corrected chi connectivity index (χ2v) is 8.77. The van der Waals surface area contributed by atoms with Crippen LogP contribution < -0.4 is 10.2 Å². The number of nitrogens with zero attached hydrogens (tertiary/aromatic N) is 2.